The van der Waals surface area contributed by atoms with Crippen LogP contribution in [-0.4, -0.2) is 30.2 Å². The molecular formula is C14H22BrN3. The average molecular weight is 312 g/mol. The number of pyridine rings is 1. The Labute approximate surface area is 118 Å². The van der Waals surface area contributed by atoms with Gasteiger partial charge >= 0.3 is 0 Å². The van der Waals surface area contributed by atoms with Gasteiger partial charge in [0.1, 0.15) is 5.82 Å². The Morgan fingerprint density at radius 3 is 2.94 bits per heavy atom. The molecule has 1 N–H and O–H groups in total. The fraction of sp³-hybridized carbons (Fsp3) is 0.643. The molecule has 1 aliphatic rings. The first kappa shape index (κ1) is 13.8. The maximum Gasteiger partial charge on any atom is 0.143 e. The molecule has 0 aromatic carbocycles. The quantitative estimate of drug-likeness (QED) is 0.925. The molecular weight excluding hydrogens is 290 g/mol. The molecule has 0 bridgehead atoms. The van der Waals surface area contributed by atoms with E-state index in [0.717, 1.165) is 23.4 Å². The van der Waals surface area contributed by atoms with Gasteiger partial charge in [-0.2, -0.15) is 0 Å². The van der Waals surface area contributed by atoms with Crippen LogP contribution in [0.2, 0.25) is 0 Å². The van der Waals surface area contributed by atoms with Gasteiger partial charge in [0.25, 0.3) is 0 Å². The van der Waals surface area contributed by atoms with E-state index in [9.17, 15) is 0 Å². The molecule has 4 heteroatoms. The van der Waals surface area contributed by atoms with Crippen molar-refractivity contribution < 1.29 is 0 Å². The summed E-state index contributed by atoms with van der Waals surface area (Å²) in [4.78, 5) is 6.90. The molecule has 0 spiro atoms. The number of aromatic nitrogens is 1. The van der Waals surface area contributed by atoms with Gasteiger partial charge in [-0.15, -0.1) is 0 Å². The Balaban J connectivity index is 2.10. The van der Waals surface area contributed by atoms with Crippen LogP contribution in [0, 0.1) is 0 Å². The smallest absolute Gasteiger partial charge is 0.143 e. The van der Waals surface area contributed by atoms with Crippen molar-refractivity contribution in [1.29, 1.82) is 0 Å². The zero-order valence-electron chi connectivity index (χ0n) is 11.2. The minimum Gasteiger partial charge on any atom is -0.352 e. The lowest BCUT2D eigenvalue weighted by atomic mass is 10.0. The van der Waals surface area contributed by atoms with Crippen molar-refractivity contribution in [2.45, 2.75) is 45.2 Å². The molecule has 1 aromatic rings. The number of hydrogen-bond acceptors (Lipinski definition) is 3. The summed E-state index contributed by atoms with van der Waals surface area (Å²) in [5.41, 5.74) is 0. The van der Waals surface area contributed by atoms with Crippen LogP contribution >= 0.6 is 15.9 Å². The number of nitrogens with zero attached hydrogens (tertiary/aromatic N) is 2. The summed E-state index contributed by atoms with van der Waals surface area (Å²) in [6.45, 7) is 6.64. The average Bonchev–Trinajstić information content (AvgIpc) is 2.38. The van der Waals surface area contributed by atoms with Crippen LogP contribution < -0.4 is 10.2 Å². The van der Waals surface area contributed by atoms with E-state index in [1.807, 2.05) is 12.3 Å². The van der Waals surface area contributed by atoms with Gasteiger partial charge in [0, 0.05) is 24.8 Å². The zero-order chi connectivity index (χ0) is 13.0. The number of piperidine rings is 1. The van der Waals surface area contributed by atoms with E-state index >= 15 is 0 Å². The van der Waals surface area contributed by atoms with Gasteiger partial charge < -0.3 is 10.2 Å². The molecule has 1 fully saturated rings. The number of hydrogen-bond donors (Lipinski definition) is 1. The van der Waals surface area contributed by atoms with Gasteiger partial charge in [0.05, 0.1) is 4.47 Å². The molecule has 100 valence electrons. The molecule has 18 heavy (non-hydrogen) atoms. The summed E-state index contributed by atoms with van der Waals surface area (Å²) < 4.78 is 1.08. The normalized spacial score (nSPS) is 20.1. The summed E-state index contributed by atoms with van der Waals surface area (Å²) in [6, 6.07) is 5.08. The van der Waals surface area contributed by atoms with Crippen molar-refractivity contribution in [3.05, 3.63) is 22.8 Å². The molecule has 1 saturated heterocycles. The lowest BCUT2D eigenvalue weighted by Crippen LogP contribution is -2.46. The topological polar surface area (TPSA) is 28.2 Å². The third kappa shape index (κ3) is 3.45. The molecule has 0 aliphatic carbocycles. The zero-order valence-corrected chi connectivity index (χ0v) is 12.8. The summed E-state index contributed by atoms with van der Waals surface area (Å²) >= 11 is 3.61. The van der Waals surface area contributed by atoms with Gasteiger partial charge in [-0.05, 0) is 61.3 Å². The predicted molar refractivity (Wildman–Crippen MR) is 80.1 cm³/mol. The summed E-state index contributed by atoms with van der Waals surface area (Å²) in [5, 5.41) is 3.61. The van der Waals surface area contributed by atoms with Crippen molar-refractivity contribution in [2.75, 3.05) is 18.0 Å². The lowest BCUT2D eigenvalue weighted by molar-refractivity contribution is 0.392. The van der Waals surface area contributed by atoms with E-state index in [4.69, 9.17) is 0 Å². The molecule has 0 saturated carbocycles. The van der Waals surface area contributed by atoms with Crippen LogP contribution in [0.4, 0.5) is 5.82 Å². The van der Waals surface area contributed by atoms with Gasteiger partial charge in [0.2, 0.25) is 0 Å². The summed E-state index contributed by atoms with van der Waals surface area (Å²) in [5.74, 6) is 1.06. The predicted octanol–water partition coefficient (Wildman–Crippen LogP) is 3.20. The molecule has 2 rings (SSSR count). The Morgan fingerprint density at radius 1 is 1.50 bits per heavy atom. The Hall–Kier alpha value is -0.610. The lowest BCUT2D eigenvalue weighted by Gasteiger charge is -2.34. The third-order valence-corrected chi connectivity index (χ3v) is 4.08. The van der Waals surface area contributed by atoms with Crippen LogP contribution in [0.15, 0.2) is 22.8 Å². The minimum absolute atomic E-state index is 0.458. The SMILES string of the molecule is CC(C)N(CC1CCCCN1)c1ncccc1Br. The molecule has 3 nitrogen and oxygen atoms in total. The van der Waals surface area contributed by atoms with Gasteiger partial charge in [-0.25, -0.2) is 4.98 Å². The van der Waals surface area contributed by atoms with Crippen LogP contribution in [0.3, 0.4) is 0 Å². The van der Waals surface area contributed by atoms with E-state index in [2.05, 4.69) is 51.0 Å². The summed E-state index contributed by atoms with van der Waals surface area (Å²) in [7, 11) is 0. The highest BCUT2D eigenvalue weighted by Gasteiger charge is 2.20. The van der Waals surface area contributed by atoms with Crippen LogP contribution in [-0.2, 0) is 0 Å². The largest absolute Gasteiger partial charge is 0.352 e. The minimum atomic E-state index is 0.458. The first-order chi connectivity index (χ1) is 8.68. The monoisotopic (exact) mass is 311 g/mol. The standard InChI is InChI=1S/C14H22BrN3/c1-11(2)18(10-12-6-3-4-8-16-12)14-13(15)7-5-9-17-14/h5,7,9,11-12,16H,3-4,6,8,10H2,1-2H3. The maximum absolute atomic E-state index is 4.52. The molecule has 1 aromatic heterocycles. The third-order valence-electron chi connectivity index (χ3n) is 3.46. The van der Waals surface area contributed by atoms with Gasteiger partial charge in [0.15, 0.2) is 0 Å². The van der Waals surface area contributed by atoms with E-state index < -0.39 is 0 Å². The molecule has 0 radical (unpaired) electrons. The molecule has 2 heterocycles. The van der Waals surface area contributed by atoms with Crippen LogP contribution in [0.1, 0.15) is 33.1 Å². The van der Waals surface area contributed by atoms with Crippen molar-refractivity contribution in [3.8, 4) is 0 Å². The second-order valence-corrected chi connectivity index (χ2v) is 6.06. The number of anilines is 1. The molecule has 1 atom stereocenters. The number of nitrogens with one attached hydrogen (secondary N) is 1. The maximum atomic E-state index is 4.52. The van der Waals surface area contributed by atoms with E-state index in [0.29, 0.717) is 12.1 Å². The second-order valence-electron chi connectivity index (χ2n) is 5.20. The fourth-order valence-corrected chi connectivity index (χ4v) is 2.93. The van der Waals surface area contributed by atoms with Crippen molar-refractivity contribution in [3.63, 3.8) is 0 Å². The van der Waals surface area contributed by atoms with Crippen molar-refractivity contribution in [1.82, 2.24) is 10.3 Å². The summed E-state index contributed by atoms with van der Waals surface area (Å²) in [6.07, 6.45) is 5.79. The number of halogens is 1. The highest BCUT2D eigenvalue weighted by molar-refractivity contribution is 9.10. The van der Waals surface area contributed by atoms with Gasteiger partial charge in [-0.1, -0.05) is 6.42 Å². The highest BCUT2D eigenvalue weighted by atomic mass is 79.9. The fourth-order valence-electron chi connectivity index (χ4n) is 2.45. The highest BCUT2D eigenvalue weighted by Crippen LogP contribution is 2.25. The second kappa shape index (κ2) is 6.53. The van der Waals surface area contributed by atoms with Gasteiger partial charge in [-0.3, -0.25) is 0 Å². The molecule has 1 aliphatic heterocycles. The Kier molecular flexibility index (Phi) is 5.01. The Bertz CT molecular complexity index is 375. The van der Waals surface area contributed by atoms with E-state index in [1.165, 1.54) is 19.3 Å². The van der Waals surface area contributed by atoms with Crippen LogP contribution in [0.5, 0.6) is 0 Å². The van der Waals surface area contributed by atoms with Crippen molar-refractivity contribution >= 4 is 21.7 Å². The van der Waals surface area contributed by atoms with E-state index in [-0.39, 0.29) is 0 Å². The molecule has 0 amide bonds. The first-order valence-electron chi connectivity index (χ1n) is 6.79. The van der Waals surface area contributed by atoms with E-state index in [1.54, 1.807) is 0 Å². The van der Waals surface area contributed by atoms with Crippen molar-refractivity contribution in [2.24, 2.45) is 0 Å². The first-order valence-corrected chi connectivity index (χ1v) is 7.58. The molecule has 1 unspecified atom stereocenters. The van der Waals surface area contributed by atoms with Crippen LogP contribution in [0.25, 0.3) is 0 Å². The number of rotatable bonds is 4. The Morgan fingerprint density at radius 2 is 2.33 bits per heavy atom.